The smallest absolute Gasteiger partial charge is 0.309 e. The van der Waals surface area contributed by atoms with Gasteiger partial charge in [-0.2, -0.15) is 0 Å². The lowest BCUT2D eigenvalue weighted by atomic mass is 10.1. The highest BCUT2D eigenvalue weighted by molar-refractivity contribution is 5.82. The van der Waals surface area contributed by atoms with Crippen LogP contribution in [0.1, 0.15) is 35.9 Å². The Hall–Kier alpha value is -2.77. The van der Waals surface area contributed by atoms with Gasteiger partial charge in [0.1, 0.15) is 23.2 Å². The Kier molecular flexibility index (Phi) is 4.41. The molecule has 0 spiro atoms. The first-order valence-electron chi connectivity index (χ1n) is 9.21. The first kappa shape index (κ1) is 17.6. The number of pyridine rings is 1. The molecule has 0 bridgehead atoms. The van der Waals surface area contributed by atoms with Crippen molar-refractivity contribution in [3.05, 3.63) is 23.5 Å². The van der Waals surface area contributed by atoms with E-state index in [1.165, 1.54) is 4.68 Å². The summed E-state index contributed by atoms with van der Waals surface area (Å²) in [6.07, 6.45) is 2.66. The molecule has 2 aliphatic rings. The van der Waals surface area contributed by atoms with Crippen molar-refractivity contribution in [1.82, 2.24) is 20.0 Å². The SMILES string of the molecule is CCOC(=O)C1[C@H]2[C@H](Oc3ccc(-c4nnn(C)c4C=O)nc3C)CC[C@@H]12. The molecule has 0 saturated heterocycles. The van der Waals surface area contributed by atoms with Crippen LogP contribution < -0.4 is 4.74 Å². The second kappa shape index (κ2) is 6.75. The number of hydrogen-bond acceptors (Lipinski definition) is 7. The van der Waals surface area contributed by atoms with Crippen molar-refractivity contribution in [2.24, 2.45) is 24.8 Å². The average molecular weight is 370 g/mol. The van der Waals surface area contributed by atoms with Gasteiger partial charge in [0.25, 0.3) is 0 Å². The van der Waals surface area contributed by atoms with Crippen LogP contribution in [0.4, 0.5) is 0 Å². The number of carbonyl (C=O) groups excluding carboxylic acids is 2. The van der Waals surface area contributed by atoms with E-state index in [-0.39, 0.29) is 23.9 Å². The predicted octanol–water partition coefficient (Wildman–Crippen LogP) is 1.96. The molecule has 4 rings (SSSR count). The molecule has 0 aliphatic heterocycles. The molecule has 2 aliphatic carbocycles. The lowest BCUT2D eigenvalue weighted by molar-refractivity contribution is -0.146. The highest BCUT2D eigenvalue weighted by atomic mass is 16.5. The van der Waals surface area contributed by atoms with Crippen LogP contribution in [0, 0.1) is 24.7 Å². The van der Waals surface area contributed by atoms with Gasteiger partial charge in [0.15, 0.2) is 6.29 Å². The van der Waals surface area contributed by atoms with Crippen molar-refractivity contribution in [2.45, 2.75) is 32.8 Å². The van der Waals surface area contributed by atoms with E-state index in [1.807, 2.05) is 19.9 Å². The van der Waals surface area contributed by atoms with E-state index in [9.17, 15) is 9.59 Å². The van der Waals surface area contributed by atoms with Gasteiger partial charge < -0.3 is 9.47 Å². The molecule has 2 fully saturated rings. The number of carbonyl (C=O) groups is 2. The number of aromatic nitrogens is 4. The summed E-state index contributed by atoms with van der Waals surface area (Å²) in [7, 11) is 1.66. The van der Waals surface area contributed by atoms with Gasteiger partial charge in [-0.1, -0.05) is 5.21 Å². The molecule has 0 amide bonds. The molecular weight excluding hydrogens is 348 g/mol. The van der Waals surface area contributed by atoms with Gasteiger partial charge in [-0.15, -0.1) is 5.10 Å². The Balaban J connectivity index is 1.49. The highest BCUT2D eigenvalue weighted by Crippen LogP contribution is 2.59. The summed E-state index contributed by atoms with van der Waals surface area (Å²) in [5.74, 6) is 1.19. The van der Waals surface area contributed by atoms with Crippen LogP contribution in [0.15, 0.2) is 12.1 Å². The van der Waals surface area contributed by atoms with Gasteiger partial charge in [-0.25, -0.2) is 9.67 Å². The van der Waals surface area contributed by atoms with E-state index < -0.39 is 0 Å². The van der Waals surface area contributed by atoms with Crippen molar-refractivity contribution in [2.75, 3.05) is 6.61 Å². The summed E-state index contributed by atoms with van der Waals surface area (Å²) in [5, 5.41) is 7.90. The zero-order chi connectivity index (χ0) is 19.1. The first-order chi connectivity index (χ1) is 13.0. The molecule has 27 heavy (non-hydrogen) atoms. The van der Waals surface area contributed by atoms with Crippen LogP contribution in [0.25, 0.3) is 11.4 Å². The lowest BCUT2D eigenvalue weighted by Gasteiger charge is -2.18. The quantitative estimate of drug-likeness (QED) is 0.566. The Labute approximate surface area is 156 Å². The van der Waals surface area contributed by atoms with Gasteiger partial charge >= 0.3 is 5.97 Å². The van der Waals surface area contributed by atoms with Crippen molar-refractivity contribution in [3.8, 4) is 17.1 Å². The second-order valence-electron chi connectivity index (χ2n) is 7.10. The number of rotatable bonds is 6. The van der Waals surface area contributed by atoms with Crippen molar-refractivity contribution < 1.29 is 19.1 Å². The van der Waals surface area contributed by atoms with Crippen LogP contribution in [-0.4, -0.2) is 44.9 Å². The fourth-order valence-corrected chi connectivity index (χ4v) is 4.18. The molecule has 2 aromatic heterocycles. The molecule has 0 N–H and O–H groups in total. The largest absolute Gasteiger partial charge is 0.488 e. The van der Waals surface area contributed by atoms with E-state index in [0.717, 1.165) is 19.1 Å². The summed E-state index contributed by atoms with van der Waals surface area (Å²) in [6, 6.07) is 3.62. The third-order valence-corrected chi connectivity index (χ3v) is 5.54. The van der Waals surface area contributed by atoms with Crippen LogP contribution in [0.3, 0.4) is 0 Å². The molecule has 0 aromatic carbocycles. The molecular formula is C19H22N4O4. The average Bonchev–Trinajstić information content (AvgIpc) is 3.04. The minimum atomic E-state index is -0.102. The summed E-state index contributed by atoms with van der Waals surface area (Å²) < 4.78 is 12.8. The number of aldehydes is 1. The number of aryl methyl sites for hydroxylation is 2. The number of fused-ring (bicyclic) bond motifs is 1. The lowest BCUT2D eigenvalue weighted by Crippen LogP contribution is -2.21. The number of nitrogens with zero attached hydrogens (tertiary/aromatic N) is 4. The van der Waals surface area contributed by atoms with E-state index in [1.54, 1.807) is 13.1 Å². The molecule has 2 aromatic rings. The highest BCUT2D eigenvalue weighted by Gasteiger charge is 2.63. The van der Waals surface area contributed by atoms with Gasteiger partial charge in [-0.3, -0.25) is 9.59 Å². The molecule has 8 heteroatoms. The predicted molar refractivity (Wildman–Crippen MR) is 95.1 cm³/mol. The Morgan fingerprint density at radius 3 is 2.89 bits per heavy atom. The van der Waals surface area contributed by atoms with Crippen LogP contribution in [-0.2, 0) is 16.6 Å². The third kappa shape index (κ3) is 2.98. The Morgan fingerprint density at radius 1 is 1.37 bits per heavy atom. The minimum Gasteiger partial charge on any atom is -0.488 e. The topological polar surface area (TPSA) is 96.2 Å². The van der Waals surface area contributed by atoms with E-state index >= 15 is 0 Å². The maximum absolute atomic E-state index is 12.0. The first-order valence-corrected chi connectivity index (χ1v) is 9.21. The van der Waals surface area contributed by atoms with Crippen molar-refractivity contribution in [1.29, 1.82) is 0 Å². The van der Waals surface area contributed by atoms with E-state index in [0.29, 0.717) is 41.1 Å². The second-order valence-corrected chi connectivity index (χ2v) is 7.10. The molecule has 8 nitrogen and oxygen atoms in total. The zero-order valence-electron chi connectivity index (χ0n) is 15.6. The molecule has 2 heterocycles. The van der Waals surface area contributed by atoms with E-state index in [4.69, 9.17) is 9.47 Å². The van der Waals surface area contributed by atoms with Crippen LogP contribution >= 0.6 is 0 Å². The molecule has 1 unspecified atom stereocenters. The fourth-order valence-electron chi connectivity index (χ4n) is 4.18. The minimum absolute atomic E-state index is 0.0119. The molecule has 4 atom stereocenters. The van der Waals surface area contributed by atoms with Gasteiger partial charge in [-0.05, 0) is 44.7 Å². The Bertz CT molecular complexity index is 894. The normalized spacial score (nSPS) is 25.7. The van der Waals surface area contributed by atoms with Crippen LogP contribution in [0.2, 0.25) is 0 Å². The number of ether oxygens (including phenoxy) is 2. The zero-order valence-corrected chi connectivity index (χ0v) is 15.6. The monoisotopic (exact) mass is 370 g/mol. The van der Waals surface area contributed by atoms with E-state index in [2.05, 4.69) is 15.3 Å². The summed E-state index contributed by atoms with van der Waals surface area (Å²) in [5.41, 5.74) is 2.12. The molecule has 0 radical (unpaired) electrons. The number of esters is 1. The molecule has 2 saturated carbocycles. The number of hydrogen-bond donors (Lipinski definition) is 0. The van der Waals surface area contributed by atoms with Crippen molar-refractivity contribution >= 4 is 12.3 Å². The fraction of sp³-hybridized carbons (Fsp3) is 0.526. The summed E-state index contributed by atoms with van der Waals surface area (Å²) >= 11 is 0. The van der Waals surface area contributed by atoms with Gasteiger partial charge in [0.2, 0.25) is 0 Å². The maximum Gasteiger partial charge on any atom is 0.309 e. The van der Waals surface area contributed by atoms with Gasteiger partial charge in [0, 0.05) is 13.0 Å². The van der Waals surface area contributed by atoms with Crippen molar-refractivity contribution in [3.63, 3.8) is 0 Å². The standard InChI is InChI=1S/C19H22N4O4/c1-4-26-19(25)17-11-5-7-15(16(11)17)27-14-8-6-12(20-10(14)2)18-13(9-24)23(3)22-21-18/h6,8-9,11,15-17H,4-5,7H2,1-3H3/t11-,15-,16-,17?/m1/s1. The van der Waals surface area contributed by atoms with Crippen LogP contribution in [0.5, 0.6) is 5.75 Å². The molecule has 142 valence electrons. The Morgan fingerprint density at radius 2 is 2.19 bits per heavy atom. The summed E-state index contributed by atoms with van der Waals surface area (Å²) in [6.45, 7) is 4.10. The third-order valence-electron chi connectivity index (χ3n) is 5.54. The summed E-state index contributed by atoms with van der Waals surface area (Å²) in [4.78, 5) is 27.8. The maximum atomic E-state index is 12.0. The van der Waals surface area contributed by atoms with Gasteiger partial charge in [0.05, 0.1) is 23.9 Å².